The van der Waals surface area contributed by atoms with Crippen LogP contribution in [-0.2, 0) is 21.3 Å². The lowest BCUT2D eigenvalue weighted by atomic mass is 9.93. The third kappa shape index (κ3) is 4.85. The quantitative estimate of drug-likeness (QED) is 0.530. The molecule has 3 aromatic rings. The molecule has 3 heterocycles. The van der Waals surface area contributed by atoms with Crippen LogP contribution in [0.3, 0.4) is 0 Å². The fourth-order valence-electron chi connectivity index (χ4n) is 5.66. The number of benzene rings is 2. The Morgan fingerprint density at radius 3 is 2.49 bits per heavy atom. The van der Waals surface area contributed by atoms with Gasteiger partial charge in [0, 0.05) is 37.0 Å². The molecule has 0 bridgehead atoms. The van der Waals surface area contributed by atoms with Crippen molar-refractivity contribution in [2.24, 2.45) is 7.05 Å². The summed E-state index contributed by atoms with van der Waals surface area (Å²) in [5.74, 6) is 0.0125. The first-order valence-electron chi connectivity index (χ1n) is 13.0. The third-order valence-corrected chi connectivity index (χ3v) is 7.25. The highest BCUT2D eigenvalue weighted by molar-refractivity contribution is 5.84. The van der Waals surface area contributed by atoms with Crippen molar-refractivity contribution in [2.75, 3.05) is 36.5 Å². The minimum atomic E-state index is -0.667. The second kappa shape index (κ2) is 9.42. The summed E-state index contributed by atoms with van der Waals surface area (Å²) in [5.41, 5.74) is 4.24. The van der Waals surface area contributed by atoms with Crippen LogP contribution in [-0.4, -0.2) is 47.2 Å². The summed E-state index contributed by atoms with van der Waals surface area (Å²) in [6.45, 7) is 14.8. The Morgan fingerprint density at radius 2 is 1.81 bits per heavy atom. The predicted molar refractivity (Wildman–Crippen MR) is 146 cm³/mol. The van der Waals surface area contributed by atoms with Crippen LogP contribution in [0.1, 0.15) is 63.5 Å². The van der Waals surface area contributed by atoms with E-state index < -0.39 is 11.4 Å². The number of hydrogen-bond donors (Lipinski definition) is 1. The molecule has 0 spiro atoms. The van der Waals surface area contributed by atoms with Gasteiger partial charge in [0.25, 0.3) is 5.56 Å². The molecule has 198 valence electrons. The zero-order chi connectivity index (χ0) is 26.5. The summed E-state index contributed by atoms with van der Waals surface area (Å²) in [4.78, 5) is 20.6. The highest BCUT2D eigenvalue weighted by Crippen LogP contribution is 2.47. The maximum Gasteiger partial charge on any atom is 0.262 e. The van der Waals surface area contributed by atoms with Gasteiger partial charge in [0.15, 0.2) is 5.79 Å². The number of nitrogens with zero attached hydrogens (tertiary/aromatic N) is 3. The highest BCUT2D eigenvalue weighted by Gasteiger charge is 2.48. The Labute approximate surface area is 218 Å². The van der Waals surface area contributed by atoms with E-state index in [1.807, 2.05) is 39.0 Å². The van der Waals surface area contributed by atoms with Crippen molar-refractivity contribution < 1.29 is 14.2 Å². The van der Waals surface area contributed by atoms with Crippen molar-refractivity contribution in [3.05, 3.63) is 63.4 Å². The number of rotatable bonds is 5. The number of anilines is 2. The number of hydrogen-bond acceptors (Lipinski definition) is 7. The van der Waals surface area contributed by atoms with Crippen LogP contribution in [0.2, 0.25) is 0 Å². The molecule has 37 heavy (non-hydrogen) atoms. The fraction of sp³-hybridized carbons (Fsp3) is 0.517. The lowest BCUT2D eigenvalue weighted by Gasteiger charge is -2.30. The number of para-hydroxylation sites is 1. The van der Waals surface area contributed by atoms with E-state index in [2.05, 4.69) is 49.2 Å². The minimum Gasteiger partial charge on any atom is -0.378 e. The first kappa shape index (κ1) is 25.7. The molecular formula is C29H38N4O4. The van der Waals surface area contributed by atoms with Gasteiger partial charge in [0.05, 0.1) is 35.8 Å². The Hall–Kier alpha value is -2.94. The zero-order valence-electron chi connectivity index (χ0n) is 22.9. The van der Waals surface area contributed by atoms with Crippen molar-refractivity contribution in [1.82, 2.24) is 9.55 Å². The molecule has 2 fully saturated rings. The van der Waals surface area contributed by atoms with Gasteiger partial charge in [-0.1, -0.05) is 24.3 Å². The Morgan fingerprint density at radius 1 is 1.11 bits per heavy atom. The van der Waals surface area contributed by atoms with Gasteiger partial charge in [-0.2, -0.15) is 0 Å². The molecule has 1 aromatic heterocycles. The van der Waals surface area contributed by atoms with Crippen LogP contribution in [0.15, 0.2) is 41.2 Å². The van der Waals surface area contributed by atoms with Gasteiger partial charge >= 0.3 is 0 Å². The lowest BCUT2D eigenvalue weighted by Crippen LogP contribution is -2.40. The van der Waals surface area contributed by atoms with Gasteiger partial charge in [-0.25, -0.2) is 4.98 Å². The van der Waals surface area contributed by atoms with Crippen LogP contribution >= 0.6 is 0 Å². The SMILES string of the molecule is Cc1cc(C(C)Nc2ccccc2C2OC(C)(C)OC2(C)C)c2nc(N3CCOCC3)n(C)c(=O)c2c1. The van der Waals surface area contributed by atoms with E-state index in [1.54, 1.807) is 11.6 Å². The summed E-state index contributed by atoms with van der Waals surface area (Å²) >= 11 is 0. The highest BCUT2D eigenvalue weighted by atomic mass is 16.8. The molecular weight excluding hydrogens is 468 g/mol. The van der Waals surface area contributed by atoms with Crippen LogP contribution in [0.4, 0.5) is 11.6 Å². The minimum absolute atomic E-state index is 0.0375. The summed E-state index contributed by atoms with van der Waals surface area (Å²) in [5, 5.41) is 4.33. The maximum absolute atomic E-state index is 13.5. The smallest absolute Gasteiger partial charge is 0.262 e. The van der Waals surface area contributed by atoms with Gasteiger partial charge in [0.1, 0.15) is 6.10 Å². The molecule has 8 heteroatoms. The number of aromatic nitrogens is 2. The van der Waals surface area contributed by atoms with Gasteiger partial charge in [-0.05, 0) is 59.2 Å². The van der Waals surface area contributed by atoms with E-state index in [0.29, 0.717) is 37.6 Å². The second-order valence-corrected chi connectivity index (χ2v) is 11.2. The summed E-state index contributed by atoms with van der Waals surface area (Å²) < 4.78 is 19.7. The van der Waals surface area contributed by atoms with E-state index in [-0.39, 0.29) is 17.7 Å². The molecule has 5 rings (SSSR count). The molecule has 2 unspecified atom stereocenters. The molecule has 0 radical (unpaired) electrons. The standard InChI is InChI=1S/C29H38N4O4/c1-18-16-21(24-22(17-18)26(34)32(7)27(31-24)33-12-14-35-15-13-33)19(2)30-23-11-9-8-10-20(23)25-28(3,4)37-29(5,6)36-25/h8-11,16-17,19,25,30H,12-15H2,1-7H3. The van der Waals surface area contributed by atoms with Crippen LogP contribution in [0, 0.1) is 6.92 Å². The van der Waals surface area contributed by atoms with Crippen molar-refractivity contribution in [2.45, 2.75) is 65.1 Å². The normalized spacial score (nSPS) is 21.8. The fourth-order valence-corrected chi connectivity index (χ4v) is 5.66. The Balaban J connectivity index is 1.56. The summed E-state index contributed by atoms with van der Waals surface area (Å²) in [6.07, 6.45) is -0.231. The first-order chi connectivity index (χ1) is 17.5. The van der Waals surface area contributed by atoms with Crippen molar-refractivity contribution >= 4 is 22.5 Å². The van der Waals surface area contributed by atoms with Crippen LogP contribution in [0.5, 0.6) is 0 Å². The van der Waals surface area contributed by atoms with Crippen molar-refractivity contribution in [3.8, 4) is 0 Å². The predicted octanol–water partition coefficient (Wildman–Crippen LogP) is 4.85. The van der Waals surface area contributed by atoms with E-state index in [9.17, 15) is 4.79 Å². The van der Waals surface area contributed by atoms with Crippen molar-refractivity contribution in [3.63, 3.8) is 0 Å². The molecule has 2 aromatic carbocycles. The number of ether oxygens (including phenoxy) is 3. The topological polar surface area (TPSA) is 77.8 Å². The average Bonchev–Trinajstić information content (AvgIpc) is 3.08. The summed E-state index contributed by atoms with van der Waals surface area (Å²) in [7, 11) is 1.80. The first-order valence-corrected chi connectivity index (χ1v) is 13.0. The molecule has 2 aliphatic rings. The number of nitrogens with one attached hydrogen (secondary N) is 1. The molecule has 1 N–H and O–H groups in total. The van der Waals surface area contributed by atoms with Gasteiger partial charge in [0.2, 0.25) is 5.95 Å². The van der Waals surface area contributed by atoms with Gasteiger partial charge in [-0.15, -0.1) is 0 Å². The van der Waals surface area contributed by atoms with Gasteiger partial charge in [-0.3, -0.25) is 9.36 Å². The van der Waals surface area contributed by atoms with Crippen LogP contribution < -0.4 is 15.8 Å². The number of morpholine rings is 1. The van der Waals surface area contributed by atoms with E-state index in [0.717, 1.165) is 27.9 Å². The second-order valence-electron chi connectivity index (χ2n) is 11.2. The third-order valence-electron chi connectivity index (χ3n) is 7.25. The van der Waals surface area contributed by atoms with E-state index in [4.69, 9.17) is 19.2 Å². The maximum atomic E-state index is 13.5. The molecule has 0 saturated carbocycles. The monoisotopic (exact) mass is 506 g/mol. The number of aryl methyl sites for hydroxylation is 1. The lowest BCUT2D eigenvalue weighted by molar-refractivity contribution is -0.157. The Kier molecular flexibility index (Phi) is 6.54. The molecule has 0 amide bonds. The Bertz CT molecular complexity index is 1370. The molecule has 2 atom stereocenters. The molecule has 0 aliphatic carbocycles. The van der Waals surface area contributed by atoms with Crippen LogP contribution in [0.25, 0.3) is 10.9 Å². The molecule has 8 nitrogen and oxygen atoms in total. The van der Waals surface area contributed by atoms with E-state index >= 15 is 0 Å². The molecule has 2 saturated heterocycles. The zero-order valence-corrected chi connectivity index (χ0v) is 22.9. The largest absolute Gasteiger partial charge is 0.378 e. The average molecular weight is 507 g/mol. The van der Waals surface area contributed by atoms with Gasteiger partial charge < -0.3 is 24.4 Å². The molecule has 2 aliphatic heterocycles. The van der Waals surface area contributed by atoms with Crippen molar-refractivity contribution in [1.29, 1.82) is 0 Å². The summed E-state index contributed by atoms with van der Waals surface area (Å²) in [6, 6.07) is 12.2. The number of fused-ring (bicyclic) bond motifs is 1. The van der Waals surface area contributed by atoms with E-state index in [1.165, 1.54) is 0 Å².